The summed E-state index contributed by atoms with van der Waals surface area (Å²) in [7, 11) is 0. The minimum absolute atomic E-state index is 0.0311. The second-order valence-corrected chi connectivity index (χ2v) is 6.77. The number of nitrogens with one attached hydrogen (secondary N) is 1. The molecule has 30 heavy (non-hydrogen) atoms. The van der Waals surface area contributed by atoms with Crippen molar-refractivity contribution >= 4 is 11.6 Å². The van der Waals surface area contributed by atoms with Crippen LogP contribution in [0.15, 0.2) is 59.5 Å². The summed E-state index contributed by atoms with van der Waals surface area (Å²) >= 11 is 0. The van der Waals surface area contributed by atoms with Crippen molar-refractivity contribution in [3.05, 3.63) is 82.0 Å². The Morgan fingerprint density at radius 3 is 2.80 bits per heavy atom. The van der Waals surface area contributed by atoms with E-state index in [-0.39, 0.29) is 37.0 Å². The topological polar surface area (TPSA) is 78.8 Å². The maximum Gasteiger partial charge on any atom is 0.244 e. The van der Waals surface area contributed by atoms with E-state index >= 15 is 0 Å². The van der Waals surface area contributed by atoms with E-state index in [1.54, 1.807) is 47.9 Å². The molecule has 0 spiro atoms. The fourth-order valence-electron chi connectivity index (χ4n) is 3.03. The van der Waals surface area contributed by atoms with Gasteiger partial charge in [0.2, 0.25) is 18.1 Å². The van der Waals surface area contributed by atoms with Crippen LogP contribution in [0.25, 0.3) is 0 Å². The molecule has 4 rings (SSSR count). The Morgan fingerprint density at radius 1 is 1.17 bits per heavy atom. The molecule has 8 heteroatoms. The van der Waals surface area contributed by atoms with E-state index in [2.05, 4.69) is 5.32 Å². The van der Waals surface area contributed by atoms with Crippen LogP contribution in [0.1, 0.15) is 11.3 Å². The molecule has 1 aliphatic heterocycles. The van der Waals surface area contributed by atoms with Gasteiger partial charge in [-0.05, 0) is 25.1 Å². The Labute approximate surface area is 171 Å². The number of fused-ring (bicyclic) bond motifs is 1. The van der Waals surface area contributed by atoms with Crippen LogP contribution in [-0.4, -0.2) is 17.3 Å². The quantitative estimate of drug-likeness (QED) is 0.675. The third-order valence-corrected chi connectivity index (χ3v) is 4.62. The van der Waals surface area contributed by atoms with Gasteiger partial charge in [0.15, 0.2) is 17.2 Å². The van der Waals surface area contributed by atoms with Crippen LogP contribution in [0, 0.1) is 12.7 Å². The lowest BCUT2D eigenvalue weighted by molar-refractivity contribution is -0.116. The van der Waals surface area contributed by atoms with E-state index in [1.165, 1.54) is 18.3 Å². The van der Waals surface area contributed by atoms with Crippen LogP contribution in [0.2, 0.25) is 0 Å². The number of aryl methyl sites for hydroxylation is 1. The zero-order chi connectivity index (χ0) is 21.1. The molecule has 0 unspecified atom stereocenters. The number of nitrogens with zero attached hydrogens (tertiary/aromatic N) is 1. The highest BCUT2D eigenvalue weighted by Crippen LogP contribution is 2.34. The van der Waals surface area contributed by atoms with Crippen molar-refractivity contribution in [1.82, 2.24) is 4.57 Å². The molecule has 0 aliphatic carbocycles. The fourth-order valence-corrected chi connectivity index (χ4v) is 3.03. The highest BCUT2D eigenvalue weighted by molar-refractivity contribution is 5.91. The summed E-state index contributed by atoms with van der Waals surface area (Å²) in [5, 5.41) is 2.78. The van der Waals surface area contributed by atoms with Gasteiger partial charge < -0.3 is 24.1 Å². The maximum absolute atomic E-state index is 13.8. The molecule has 154 valence electrons. The number of carbonyl (C=O) groups excluding carboxylic acids is 1. The summed E-state index contributed by atoms with van der Waals surface area (Å²) in [5.41, 5.74) is 1.17. The van der Waals surface area contributed by atoms with E-state index in [1.807, 2.05) is 0 Å². The van der Waals surface area contributed by atoms with E-state index in [4.69, 9.17) is 14.2 Å². The van der Waals surface area contributed by atoms with Gasteiger partial charge in [-0.3, -0.25) is 9.59 Å². The summed E-state index contributed by atoms with van der Waals surface area (Å²) in [5.74, 6) is 0.533. The molecule has 0 saturated heterocycles. The van der Waals surface area contributed by atoms with Crippen LogP contribution in [-0.2, 0) is 17.9 Å². The van der Waals surface area contributed by atoms with Gasteiger partial charge in [0.25, 0.3) is 0 Å². The molecule has 7 nitrogen and oxygen atoms in total. The van der Waals surface area contributed by atoms with Gasteiger partial charge in [0, 0.05) is 29.1 Å². The first-order valence-electron chi connectivity index (χ1n) is 9.26. The van der Waals surface area contributed by atoms with Crippen LogP contribution < -0.4 is 25.0 Å². The number of aromatic nitrogens is 1. The number of anilines is 1. The fraction of sp³-hybridized carbons (Fsp3) is 0.182. The van der Waals surface area contributed by atoms with Crippen LogP contribution in [0.3, 0.4) is 0 Å². The van der Waals surface area contributed by atoms with Crippen molar-refractivity contribution in [2.75, 3.05) is 12.1 Å². The normalized spacial score (nSPS) is 11.9. The lowest BCUT2D eigenvalue weighted by Gasteiger charge is -2.14. The summed E-state index contributed by atoms with van der Waals surface area (Å²) in [4.78, 5) is 24.7. The van der Waals surface area contributed by atoms with E-state index in [0.29, 0.717) is 28.4 Å². The Morgan fingerprint density at radius 2 is 1.97 bits per heavy atom. The number of rotatable bonds is 6. The van der Waals surface area contributed by atoms with Crippen LogP contribution >= 0.6 is 0 Å². The average Bonchev–Trinajstić information content (AvgIpc) is 3.18. The van der Waals surface area contributed by atoms with Gasteiger partial charge in [-0.2, -0.15) is 0 Å². The Hall–Kier alpha value is -3.81. The van der Waals surface area contributed by atoms with Gasteiger partial charge in [-0.1, -0.05) is 18.2 Å². The molecule has 0 bridgehead atoms. The summed E-state index contributed by atoms with van der Waals surface area (Å²) in [6, 6.07) is 12.7. The minimum Gasteiger partial charge on any atom is -0.483 e. The predicted octanol–water partition coefficient (Wildman–Crippen LogP) is 3.24. The number of carbonyl (C=O) groups is 1. The molecule has 1 aromatic heterocycles. The van der Waals surface area contributed by atoms with Crippen molar-refractivity contribution < 1.29 is 23.4 Å². The van der Waals surface area contributed by atoms with Crippen molar-refractivity contribution in [3.63, 3.8) is 0 Å². The first-order valence-corrected chi connectivity index (χ1v) is 9.26. The predicted molar refractivity (Wildman–Crippen MR) is 107 cm³/mol. The number of amides is 1. The van der Waals surface area contributed by atoms with Crippen molar-refractivity contribution in [2.24, 2.45) is 0 Å². The number of ether oxygens (including phenoxy) is 3. The Kier molecular flexibility index (Phi) is 5.38. The molecular weight excluding hydrogens is 391 g/mol. The largest absolute Gasteiger partial charge is 0.483 e. The molecule has 2 aromatic carbocycles. The maximum atomic E-state index is 13.8. The molecule has 0 radical (unpaired) electrons. The first-order chi connectivity index (χ1) is 14.5. The highest BCUT2D eigenvalue weighted by Gasteiger charge is 2.15. The van der Waals surface area contributed by atoms with Crippen molar-refractivity contribution in [2.45, 2.75) is 20.1 Å². The summed E-state index contributed by atoms with van der Waals surface area (Å²) in [6.45, 7) is 1.75. The monoisotopic (exact) mass is 410 g/mol. The van der Waals surface area contributed by atoms with Crippen molar-refractivity contribution in [3.8, 4) is 17.2 Å². The SMILES string of the molecule is Cc1cc(=O)c(OCc2ccccc2F)cn1CC(=O)Nc1ccc2c(c1)OCO2. The number of hydrogen-bond acceptors (Lipinski definition) is 5. The Bertz CT molecular complexity index is 1160. The lowest BCUT2D eigenvalue weighted by Crippen LogP contribution is -2.22. The molecular formula is C22H19FN2O5. The number of pyridine rings is 1. The first kappa shape index (κ1) is 19.5. The lowest BCUT2D eigenvalue weighted by atomic mass is 10.2. The standard InChI is InChI=1S/C22H19FN2O5/c1-14-8-18(26)21(28-12-15-4-2-3-5-17(15)23)10-25(14)11-22(27)24-16-6-7-19-20(9-16)30-13-29-19/h2-10H,11-13H2,1H3,(H,24,27). The molecule has 0 saturated carbocycles. The van der Waals surface area contributed by atoms with Gasteiger partial charge in [0.1, 0.15) is 19.0 Å². The average molecular weight is 410 g/mol. The van der Waals surface area contributed by atoms with Gasteiger partial charge in [0.05, 0.1) is 6.20 Å². The molecule has 1 aliphatic rings. The molecule has 3 aromatic rings. The minimum atomic E-state index is -0.409. The highest BCUT2D eigenvalue weighted by atomic mass is 19.1. The van der Waals surface area contributed by atoms with Crippen LogP contribution in [0.4, 0.5) is 10.1 Å². The van der Waals surface area contributed by atoms with Gasteiger partial charge in [-0.15, -0.1) is 0 Å². The van der Waals surface area contributed by atoms with E-state index < -0.39 is 5.82 Å². The molecule has 0 atom stereocenters. The van der Waals surface area contributed by atoms with Crippen LogP contribution in [0.5, 0.6) is 17.2 Å². The smallest absolute Gasteiger partial charge is 0.244 e. The van der Waals surface area contributed by atoms with Crippen molar-refractivity contribution in [1.29, 1.82) is 0 Å². The molecule has 0 fully saturated rings. The molecule has 1 N–H and O–H groups in total. The Balaban J connectivity index is 1.45. The molecule has 1 amide bonds. The number of halogens is 1. The zero-order valence-corrected chi connectivity index (χ0v) is 16.2. The van der Waals surface area contributed by atoms with E-state index in [0.717, 1.165) is 0 Å². The molecule has 2 heterocycles. The third-order valence-electron chi connectivity index (χ3n) is 4.62. The number of hydrogen-bond donors (Lipinski definition) is 1. The second-order valence-electron chi connectivity index (χ2n) is 6.77. The zero-order valence-electron chi connectivity index (χ0n) is 16.2. The van der Waals surface area contributed by atoms with Gasteiger partial charge >= 0.3 is 0 Å². The van der Waals surface area contributed by atoms with E-state index in [9.17, 15) is 14.0 Å². The number of benzene rings is 2. The summed E-state index contributed by atoms with van der Waals surface area (Å²) < 4.78 is 31.4. The van der Waals surface area contributed by atoms with Gasteiger partial charge in [-0.25, -0.2) is 4.39 Å². The second kappa shape index (κ2) is 8.28. The third kappa shape index (κ3) is 4.27. The summed E-state index contributed by atoms with van der Waals surface area (Å²) in [6.07, 6.45) is 1.46.